The van der Waals surface area contributed by atoms with Crippen molar-refractivity contribution in [3.05, 3.63) is 0 Å². The minimum atomic E-state index is -0.812. The molecule has 0 saturated carbocycles. The highest BCUT2D eigenvalue weighted by Gasteiger charge is 2.50. The third kappa shape index (κ3) is 1.64. The van der Waals surface area contributed by atoms with Gasteiger partial charge >= 0.3 is 5.97 Å². The third-order valence-corrected chi connectivity index (χ3v) is 2.98. The SMILES string of the molecule is CCCC[C@H]1OC(O)[C@H]2CC(=O)O[C@H]21. The monoisotopic (exact) mass is 200 g/mol. The Morgan fingerprint density at radius 1 is 1.57 bits per heavy atom. The molecule has 0 bridgehead atoms. The third-order valence-electron chi connectivity index (χ3n) is 2.98. The quantitative estimate of drug-likeness (QED) is 0.685. The second kappa shape index (κ2) is 3.87. The highest BCUT2D eigenvalue weighted by Crippen LogP contribution is 2.37. The van der Waals surface area contributed by atoms with Gasteiger partial charge in [0.2, 0.25) is 0 Å². The number of aliphatic hydroxyl groups excluding tert-OH is 1. The van der Waals surface area contributed by atoms with Crippen molar-refractivity contribution in [1.82, 2.24) is 0 Å². The average molecular weight is 200 g/mol. The van der Waals surface area contributed by atoms with Crippen LogP contribution in [0.2, 0.25) is 0 Å². The lowest BCUT2D eigenvalue weighted by molar-refractivity contribution is -0.152. The van der Waals surface area contributed by atoms with E-state index in [9.17, 15) is 9.90 Å². The van der Waals surface area contributed by atoms with Gasteiger partial charge in [0.25, 0.3) is 0 Å². The van der Waals surface area contributed by atoms with Crippen LogP contribution in [0.3, 0.4) is 0 Å². The summed E-state index contributed by atoms with van der Waals surface area (Å²) in [6, 6.07) is 0. The van der Waals surface area contributed by atoms with E-state index in [2.05, 4.69) is 6.92 Å². The molecule has 0 spiro atoms. The van der Waals surface area contributed by atoms with E-state index in [-0.39, 0.29) is 24.1 Å². The number of hydrogen-bond acceptors (Lipinski definition) is 4. The van der Waals surface area contributed by atoms with Crippen LogP contribution in [0.15, 0.2) is 0 Å². The molecular weight excluding hydrogens is 184 g/mol. The summed E-state index contributed by atoms with van der Waals surface area (Å²) in [5, 5.41) is 9.53. The fourth-order valence-corrected chi connectivity index (χ4v) is 2.21. The molecule has 14 heavy (non-hydrogen) atoms. The summed E-state index contributed by atoms with van der Waals surface area (Å²) >= 11 is 0. The predicted molar refractivity (Wildman–Crippen MR) is 48.4 cm³/mol. The summed E-state index contributed by atoms with van der Waals surface area (Å²) in [6.07, 6.45) is 2.18. The molecule has 4 heteroatoms. The van der Waals surface area contributed by atoms with Crippen LogP contribution in [0.1, 0.15) is 32.6 Å². The number of carbonyl (C=O) groups is 1. The summed E-state index contributed by atoms with van der Waals surface area (Å²) in [4.78, 5) is 11.0. The number of carbonyl (C=O) groups excluding carboxylic acids is 1. The van der Waals surface area contributed by atoms with Gasteiger partial charge in [0.15, 0.2) is 6.29 Å². The first-order chi connectivity index (χ1) is 6.72. The van der Waals surface area contributed by atoms with E-state index >= 15 is 0 Å². The molecule has 1 unspecified atom stereocenters. The average Bonchev–Trinajstić information content (AvgIpc) is 2.64. The van der Waals surface area contributed by atoms with Crippen molar-refractivity contribution in [1.29, 1.82) is 0 Å². The number of fused-ring (bicyclic) bond motifs is 1. The lowest BCUT2D eigenvalue weighted by atomic mass is 9.97. The van der Waals surface area contributed by atoms with Gasteiger partial charge in [-0.15, -0.1) is 0 Å². The van der Waals surface area contributed by atoms with Crippen molar-refractivity contribution in [3.8, 4) is 0 Å². The second-order valence-corrected chi connectivity index (χ2v) is 4.03. The molecular formula is C10H16O4. The topological polar surface area (TPSA) is 55.8 Å². The highest BCUT2D eigenvalue weighted by molar-refractivity contribution is 5.72. The molecule has 1 N–H and O–H groups in total. The van der Waals surface area contributed by atoms with Crippen LogP contribution >= 0.6 is 0 Å². The van der Waals surface area contributed by atoms with Gasteiger partial charge in [-0.05, 0) is 6.42 Å². The minimum absolute atomic E-state index is 0.0959. The first-order valence-corrected chi connectivity index (χ1v) is 5.25. The molecule has 0 aromatic heterocycles. The molecule has 4 atom stereocenters. The Bertz CT molecular complexity index is 228. The lowest BCUT2D eigenvalue weighted by Gasteiger charge is -2.15. The van der Waals surface area contributed by atoms with Gasteiger partial charge in [0, 0.05) is 0 Å². The summed E-state index contributed by atoms with van der Waals surface area (Å²) in [5.41, 5.74) is 0. The molecule has 0 aromatic carbocycles. The van der Waals surface area contributed by atoms with Crippen LogP contribution in [-0.2, 0) is 14.3 Å². The van der Waals surface area contributed by atoms with Gasteiger partial charge in [-0.2, -0.15) is 0 Å². The van der Waals surface area contributed by atoms with E-state index in [1.165, 1.54) is 0 Å². The Hall–Kier alpha value is -0.610. The molecule has 2 aliphatic rings. The van der Waals surface area contributed by atoms with Crippen LogP contribution in [0.25, 0.3) is 0 Å². The maximum atomic E-state index is 11.0. The van der Waals surface area contributed by atoms with Crippen LogP contribution in [0.5, 0.6) is 0 Å². The molecule has 80 valence electrons. The fraction of sp³-hybridized carbons (Fsp3) is 0.900. The summed E-state index contributed by atoms with van der Waals surface area (Å²) in [7, 11) is 0. The van der Waals surface area contributed by atoms with Crippen LogP contribution in [0, 0.1) is 5.92 Å². The van der Waals surface area contributed by atoms with Crippen LogP contribution in [-0.4, -0.2) is 29.6 Å². The van der Waals surface area contributed by atoms with Gasteiger partial charge in [0.05, 0.1) is 18.4 Å². The Morgan fingerprint density at radius 2 is 2.36 bits per heavy atom. The second-order valence-electron chi connectivity index (χ2n) is 4.03. The largest absolute Gasteiger partial charge is 0.459 e. The molecule has 2 saturated heterocycles. The van der Waals surface area contributed by atoms with Gasteiger partial charge in [-0.25, -0.2) is 0 Å². The Balaban J connectivity index is 1.97. The fourth-order valence-electron chi connectivity index (χ4n) is 2.21. The zero-order chi connectivity index (χ0) is 10.1. The molecule has 4 nitrogen and oxygen atoms in total. The van der Waals surface area contributed by atoms with Gasteiger partial charge in [-0.3, -0.25) is 4.79 Å². The molecule has 2 aliphatic heterocycles. The number of unbranched alkanes of at least 4 members (excludes halogenated alkanes) is 1. The molecule has 0 aromatic rings. The van der Waals surface area contributed by atoms with Crippen molar-refractivity contribution in [3.63, 3.8) is 0 Å². The Morgan fingerprint density at radius 3 is 3.07 bits per heavy atom. The number of hydrogen-bond donors (Lipinski definition) is 1. The smallest absolute Gasteiger partial charge is 0.306 e. The predicted octanol–water partition coefficient (Wildman–Crippen LogP) is 0.825. The maximum Gasteiger partial charge on any atom is 0.306 e. The van der Waals surface area contributed by atoms with Gasteiger partial charge in [-0.1, -0.05) is 19.8 Å². The van der Waals surface area contributed by atoms with Crippen molar-refractivity contribution in [2.75, 3.05) is 0 Å². The van der Waals surface area contributed by atoms with Crippen molar-refractivity contribution in [2.45, 2.75) is 51.1 Å². The van der Waals surface area contributed by atoms with Crippen LogP contribution in [0.4, 0.5) is 0 Å². The molecule has 2 heterocycles. The Labute approximate surface area is 83.2 Å². The number of ether oxygens (including phenoxy) is 2. The Kier molecular flexibility index (Phi) is 2.74. The summed E-state index contributed by atoms with van der Waals surface area (Å²) in [5.74, 6) is -0.340. The number of rotatable bonds is 3. The standard InChI is InChI=1S/C10H16O4/c1-2-3-4-7-9-6(10(12)13-7)5-8(11)14-9/h6-7,9-10,12H,2-5H2,1H3/t6-,7+,9+,10?/m0/s1. The number of aliphatic hydroxyl groups is 1. The normalized spacial score (nSPS) is 41.1. The zero-order valence-electron chi connectivity index (χ0n) is 8.31. The first-order valence-electron chi connectivity index (χ1n) is 5.25. The highest BCUT2D eigenvalue weighted by atomic mass is 16.7. The van der Waals surface area contributed by atoms with E-state index in [1.54, 1.807) is 0 Å². The van der Waals surface area contributed by atoms with Gasteiger partial charge in [0.1, 0.15) is 6.10 Å². The van der Waals surface area contributed by atoms with Crippen molar-refractivity contribution in [2.24, 2.45) is 5.92 Å². The summed E-state index contributed by atoms with van der Waals surface area (Å²) < 4.78 is 10.5. The van der Waals surface area contributed by atoms with Crippen molar-refractivity contribution < 1.29 is 19.4 Å². The molecule has 0 amide bonds. The van der Waals surface area contributed by atoms with E-state index < -0.39 is 6.29 Å². The number of esters is 1. The molecule has 2 rings (SSSR count). The molecule has 2 fully saturated rings. The summed E-state index contributed by atoms with van der Waals surface area (Å²) in [6.45, 7) is 2.10. The first kappa shape index (κ1) is 9.93. The molecule has 0 radical (unpaired) electrons. The van der Waals surface area contributed by atoms with Gasteiger partial charge < -0.3 is 14.6 Å². The maximum absolute atomic E-state index is 11.0. The lowest BCUT2D eigenvalue weighted by Crippen LogP contribution is -2.24. The van der Waals surface area contributed by atoms with Crippen LogP contribution < -0.4 is 0 Å². The van der Waals surface area contributed by atoms with E-state index in [4.69, 9.17) is 9.47 Å². The van der Waals surface area contributed by atoms with E-state index in [0.717, 1.165) is 19.3 Å². The van der Waals surface area contributed by atoms with E-state index in [0.29, 0.717) is 6.42 Å². The molecule has 0 aliphatic carbocycles. The van der Waals surface area contributed by atoms with Crippen molar-refractivity contribution >= 4 is 5.97 Å². The van der Waals surface area contributed by atoms with E-state index in [1.807, 2.05) is 0 Å². The minimum Gasteiger partial charge on any atom is -0.459 e. The zero-order valence-corrected chi connectivity index (χ0v) is 8.31.